The average Bonchev–Trinajstić information content (AvgIpc) is 3.39. The Morgan fingerprint density at radius 1 is 1.13 bits per heavy atom. The van der Waals surface area contributed by atoms with Crippen LogP contribution in [0.4, 0.5) is 18.0 Å². The Labute approximate surface area is 172 Å². The van der Waals surface area contributed by atoms with Crippen LogP contribution >= 0.6 is 0 Å². The minimum atomic E-state index is -4.74. The molecule has 1 saturated carbocycles. The smallest absolute Gasteiger partial charge is 0.407 e. The molecule has 1 aliphatic carbocycles. The fourth-order valence-electron chi connectivity index (χ4n) is 2.98. The fraction of sp³-hybridized carbons (Fsp3) is 0.550. The van der Waals surface area contributed by atoms with Crippen LogP contribution in [0.5, 0.6) is 0 Å². The summed E-state index contributed by atoms with van der Waals surface area (Å²) in [5, 5.41) is 11.6. The van der Waals surface area contributed by atoms with Gasteiger partial charge in [0.15, 0.2) is 0 Å². The van der Waals surface area contributed by atoms with Crippen molar-refractivity contribution >= 4 is 18.0 Å². The number of hydrogen-bond acceptors (Lipinski definition) is 4. The lowest BCUT2D eigenvalue weighted by molar-refractivity contribution is -0.199. The molecule has 0 heterocycles. The summed E-state index contributed by atoms with van der Waals surface area (Å²) in [4.78, 5) is 36.4. The molecule has 0 saturated heterocycles. The van der Waals surface area contributed by atoms with Crippen molar-refractivity contribution in [2.45, 2.75) is 58.5 Å². The Kier molecular flexibility index (Phi) is 6.68. The number of carboxylic acid groups (broad SMARTS) is 1. The molecule has 166 valence electrons. The number of amides is 2. The average molecular weight is 430 g/mol. The van der Waals surface area contributed by atoms with Gasteiger partial charge in [0.05, 0.1) is 0 Å². The van der Waals surface area contributed by atoms with E-state index in [0.717, 1.165) is 0 Å². The second kappa shape index (κ2) is 8.53. The largest absolute Gasteiger partial charge is 0.480 e. The molecule has 0 aromatic heterocycles. The maximum absolute atomic E-state index is 13.4. The topological polar surface area (TPSA) is 95.9 Å². The van der Waals surface area contributed by atoms with E-state index in [-0.39, 0.29) is 25.9 Å². The molecule has 0 aliphatic heterocycles. The van der Waals surface area contributed by atoms with Gasteiger partial charge in [-0.2, -0.15) is 13.2 Å². The lowest BCUT2D eigenvalue weighted by atomic mass is 10.0. The van der Waals surface area contributed by atoms with Gasteiger partial charge in [0.2, 0.25) is 5.91 Å². The third-order valence-electron chi connectivity index (χ3n) is 4.62. The van der Waals surface area contributed by atoms with E-state index >= 15 is 0 Å². The second-order valence-electron chi connectivity index (χ2n) is 8.26. The van der Waals surface area contributed by atoms with Crippen LogP contribution in [0.1, 0.15) is 44.7 Å². The molecule has 2 N–H and O–H groups in total. The molecule has 0 spiro atoms. The van der Waals surface area contributed by atoms with E-state index in [2.05, 4.69) is 5.32 Å². The summed E-state index contributed by atoms with van der Waals surface area (Å²) < 4.78 is 45.2. The van der Waals surface area contributed by atoms with E-state index < -0.39 is 41.7 Å². The van der Waals surface area contributed by atoms with Gasteiger partial charge in [-0.05, 0) is 44.7 Å². The van der Waals surface area contributed by atoms with Crippen molar-refractivity contribution in [1.82, 2.24) is 10.2 Å². The van der Waals surface area contributed by atoms with Crippen molar-refractivity contribution in [3.8, 4) is 0 Å². The first-order valence-electron chi connectivity index (χ1n) is 9.37. The van der Waals surface area contributed by atoms with Crippen molar-refractivity contribution in [2.75, 3.05) is 6.54 Å². The molecule has 2 amide bonds. The van der Waals surface area contributed by atoms with Gasteiger partial charge >= 0.3 is 18.2 Å². The number of nitrogens with zero attached hydrogens (tertiary/aromatic N) is 1. The standard InChI is InChI=1S/C20H25F3N2O5/c1-18(2,3)30-17(29)24-10-13-6-4-5-7-14(13)11-25(12-15(26)27)16(28)19(8-9-19)20(21,22)23/h4-7H,8-12H2,1-3H3,(H,24,29)(H,26,27). The minimum Gasteiger partial charge on any atom is -0.480 e. The zero-order valence-corrected chi connectivity index (χ0v) is 17.0. The molecule has 1 aliphatic rings. The number of carboxylic acids is 1. The Bertz CT molecular complexity index is 813. The van der Waals surface area contributed by atoms with Crippen LogP contribution in [0.15, 0.2) is 24.3 Å². The highest BCUT2D eigenvalue weighted by Gasteiger charge is 2.69. The van der Waals surface area contributed by atoms with Crippen molar-refractivity contribution in [3.05, 3.63) is 35.4 Å². The predicted molar refractivity (Wildman–Crippen MR) is 100 cm³/mol. The fourth-order valence-corrected chi connectivity index (χ4v) is 2.98. The van der Waals surface area contributed by atoms with E-state index in [4.69, 9.17) is 9.84 Å². The van der Waals surface area contributed by atoms with Crippen molar-refractivity contribution in [1.29, 1.82) is 0 Å². The quantitative estimate of drug-likeness (QED) is 0.691. The number of benzene rings is 1. The summed E-state index contributed by atoms with van der Waals surface area (Å²) in [6, 6.07) is 6.48. The molecule has 0 radical (unpaired) electrons. The predicted octanol–water partition coefficient (Wildman–Crippen LogP) is 3.47. The number of nitrogens with one attached hydrogen (secondary N) is 1. The van der Waals surface area contributed by atoms with E-state index in [9.17, 15) is 27.6 Å². The van der Waals surface area contributed by atoms with Gasteiger partial charge in [-0.3, -0.25) is 9.59 Å². The number of hydrogen-bond donors (Lipinski definition) is 2. The van der Waals surface area contributed by atoms with E-state index in [0.29, 0.717) is 16.0 Å². The SMILES string of the molecule is CC(C)(C)OC(=O)NCc1ccccc1CN(CC(=O)O)C(=O)C1(C(F)(F)F)CC1. The lowest BCUT2D eigenvalue weighted by Crippen LogP contribution is -2.45. The summed E-state index contributed by atoms with van der Waals surface area (Å²) in [6.07, 6.45) is -6.12. The molecule has 0 unspecified atom stereocenters. The third kappa shape index (κ3) is 5.87. The number of ether oxygens (including phenoxy) is 1. The number of rotatable bonds is 7. The molecule has 1 aromatic rings. The zero-order valence-electron chi connectivity index (χ0n) is 17.0. The monoisotopic (exact) mass is 430 g/mol. The normalized spacial score (nSPS) is 15.3. The summed E-state index contributed by atoms with van der Waals surface area (Å²) in [5.41, 5.74) is -2.25. The molecular formula is C20H25F3N2O5. The number of carbonyl (C=O) groups is 3. The van der Waals surface area contributed by atoms with Crippen LogP contribution in [0, 0.1) is 5.41 Å². The van der Waals surface area contributed by atoms with Gasteiger partial charge in [0, 0.05) is 13.1 Å². The Hall–Kier alpha value is -2.78. The van der Waals surface area contributed by atoms with E-state index in [1.807, 2.05) is 0 Å². The highest BCUT2D eigenvalue weighted by Crippen LogP contribution is 2.58. The van der Waals surface area contributed by atoms with Crippen LogP contribution in [0.2, 0.25) is 0 Å². The number of aliphatic carboxylic acids is 1. The van der Waals surface area contributed by atoms with Crippen LogP contribution in [0.25, 0.3) is 0 Å². The summed E-state index contributed by atoms with van der Waals surface area (Å²) in [7, 11) is 0. The molecule has 2 rings (SSSR count). The van der Waals surface area contributed by atoms with Gasteiger partial charge in [-0.25, -0.2) is 4.79 Å². The maximum atomic E-state index is 13.4. The number of halogens is 3. The van der Waals surface area contributed by atoms with E-state index in [1.165, 1.54) is 0 Å². The Morgan fingerprint density at radius 2 is 1.70 bits per heavy atom. The molecule has 30 heavy (non-hydrogen) atoms. The molecule has 0 atom stereocenters. The van der Waals surface area contributed by atoms with Gasteiger partial charge in [-0.15, -0.1) is 0 Å². The summed E-state index contributed by atoms with van der Waals surface area (Å²) in [6.45, 7) is 3.92. The second-order valence-corrected chi connectivity index (χ2v) is 8.26. The third-order valence-corrected chi connectivity index (χ3v) is 4.62. The van der Waals surface area contributed by atoms with Crippen molar-refractivity contribution in [3.63, 3.8) is 0 Å². The Balaban J connectivity index is 2.18. The first-order valence-corrected chi connectivity index (χ1v) is 9.37. The van der Waals surface area contributed by atoms with Crippen LogP contribution in [0.3, 0.4) is 0 Å². The summed E-state index contributed by atoms with van der Waals surface area (Å²) in [5.74, 6) is -2.65. The van der Waals surface area contributed by atoms with E-state index in [1.54, 1.807) is 45.0 Å². The lowest BCUT2D eigenvalue weighted by Gasteiger charge is -2.28. The van der Waals surface area contributed by atoms with Gasteiger partial charge in [-0.1, -0.05) is 24.3 Å². The van der Waals surface area contributed by atoms with Crippen molar-refractivity contribution < 1.29 is 37.4 Å². The number of carbonyl (C=O) groups excluding carboxylic acids is 2. The summed E-state index contributed by atoms with van der Waals surface area (Å²) >= 11 is 0. The maximum Gasteiger partial charge on any atom is 0.407 e. The highest BCUT2D eigenvalue weighted by molar-refractivity contribution is 5.89. The molecular weight excluding hydrogens is 405 g/mol. The van der Waals surface area contributed by atoms with Crippen molar-refractivity contribution in [2.24, 2.45) is 5.41 Å². The molecule has 0 bridgehead atoms. The number of alkyl halides is 3. The van der Waals surface area contributed by atoms with Crippen LogP contribution in [-0.2, 0) is 27.4 Å². The number of alkyl carbamates (subject to hydrolysis) is 1. The molecule has 1 fully saturated rings. The van der Waals surface area contributed by atoms with Crippen LogP contribution in [-0.4, -0.2) is 46.3 Å². The first-order chi connectivity index (χ1) is 13.7. The molecule has 10 heteroatoms. The first kappa shape index (κ1) is 23.5. The molecule has 7 nitrogen and oxygen atoms in total. The van der Waals surface area contributed by atoms with Gasteiger partial charge < -0.3 is 20.1 Å². The molecule has 1 aromatic carbocycles. The van der Waals surface area contributed by atoms with Crippen LogP contribution < -0.4 is 5.32 Å². The zero-order chi connectivity index (χ0) is 22.7. The minimum absolute atomic E-state index is 0.00457. The van der Waals surface area contributed by atoms with Gasteiger partial charge in [0.25, 0.3) is 0 Å². The van der Waals surface area contributed by atoms with Gasteiger partial charge in [0.1, 0.15) is 17.6 Å². The Morgan fingerprint density at radius 3 is 2.17 bits per heavy atom. The highest BCUT2D eigenvalue weighted by atomic mass is 19.4.